The molecule has 0 aliphatic carbocycles. The standard InChI is InChI=1S/C13H11ClINO3/c1-7-10(13(17)18)5-9(19-7)6-16-12-3-2-8(14)4-11(12)15/h2-5,16H,6H2,1H3,(H,17,18). The second-order valence-corrected chi connectivity index (χ2v) is 5.56. The minimum absolute atomic E-state index is 0.197. The summed E-state index contributed by atoms with van der Waals surface area (Å²) in [5.41, 5.74) is 1.12. The van der Waals surface area contributed by atoms with Crippen LogP contribution in [0.1, 0.15) is 21.9 Å². The van der Waals surface area contributed by atoms with Gasteiger partial charge in [0, 0.05) is 14.3 Å². The van der Waals surface area contributed by atoms with E-state index in [2.05, 4.69) is 27.9 Å². The van der Waals surface area contributed by atoms with Crippen molar-refractivity contribution in [2.45, 2.75) is 13.5 Å². The van der Waals surface area contributed by atoms with Crippen LogP contribution < -0.4 is 5.32 Å². The summed E-state index contributed by atoms with van der Waals surface area (Å²) in [5, 5.41) is 12.8. The Hall–Kier alpha value is -1.21. The molecule has 4 nitrogen and oxygen atoms in total. The van der Waals surface area contributed by atoms with Gasteiger partial charge in [-0.25, -0.2) is 4.79 Å². The molecule has 19 heavy (non-hydrogen) atoms. The van der Waals surface area contributed by atoms with Crippen molar-refractivity contribution in [2.75, 3.05) is 5.32 Å². The molecule has 1 aromatic carbocycles. The number of carbonyl (C=O) groups is 1. The van der Waals surface area contributed by atoms with Gasteiger partial charge in [-0.05, 0) is 53.8 Å². The highest BCUT2D eigenvalue weighted by Crippen LogP contribution is 2.23. The Bertz CT molecular complexity index is 624. The van der Waals surface area contributed by atoms with Crippen molar-refractivity contribution < 1.29 is 14.3 Å². The maximum Gasteiger partial charge on any atom is 0.339 e. The lowest BCUT2D eigenvalue weighted by atomic mass is 10.2. The van der Waals surface area contributed by atoms with E-state index in [0.717, 1.165) is 9.26 Å². The number of hydrogen-bond acceptors (Lipinski definition) is 3. The van der Waals surface area contributed by atoms with Gasteiger partial charge in [0.05, 0.1) is 6.54 Å². The molecule has 2 N–H and O–H groups in total. The van der Waals surface area contributed by atoms with E-state index in [4.69, 9.17) is 21.1 Å². The van der Waals surface area contributed by atoms with Crippen LogP contribution in [-0.4, -0.2) is 11.1 Å². The molecule has 0 fully saturated rings. The third kappa shape index (κ3) is 3.42. The molecule has 2 rings (SSSR count). The first-order chi connectivity index (χ1) is 8.97. The topological polar surface area (TPSA) is 62.5 Å². The third-order valence-electron chi connectivity index (χ3n) is 2.58. The molecule has 0 saturated heterocycles. The summed E-state index contributed by atoms with van der Waals surface area (Å²) in [6.45, 7) is 2.06. The zero-order chi connectivity index (χ0) is 14.0. The number of rotatable bonds is 4. The molecule has 0 radical (unpaired) electrons. The first-order valence-corrected chi connectivity index (χ1v) is 6.94. The number of benzene rings is 1. The van der Waals surface area contributed by atoms with Gasteiger partial charge in [0.1, 0.15) is 17.1 Å². The fourth-order valence-corrected chi connectivity index (χ4v) is 2.72. The van der Waals surface area contributed by atoms with Crippen molar-refractivity contribution in [3.8, 4) is 0 Å². The first-order valence-electron chi connectivity index (χ1n) is 5.49. The van der Waals surface area contributed by atoms with Crippen molar-refractivity contribution in [1.82, 2.24) is 0 Å². The molecule has 100 valence electrons. The summed E-state index contributed by atoms with van der Waals surface area (Å²) in [7, 11) is 0. The molecule has 0 amide bonds. The minimum Gasteiger partial charge on any atom is -0.478 e. The van der Waals surface area contributed by atoms with E-state index in [9.17, 15) is 4.79 Å². The molecular weight excluding hydrogens is 381 g/mol. The van der Waals surface area contributed by atoms with Crippen LogP contribution >= 0.6 is 34.2 Å². The summed E-state index contributed by atoms with van der Waals surface area (Å²) >= 11 is 8.06. The van der Waals surface area contributed by atoms with Gasteiger partial charge in [0.15, 0.2) is 0 Å². The summed E-state index contributed by atoms with van der Waals surface area (Å²) in [6, 6.07) is 7.05. The summed E-state index contributed by atoms with van der Waals surface area (Å²) < 4.78 is 6.38. The predicted molar refractivity (Wildman–Crippen MR) is 81.9 cm³/mol. The number of hydrogen-bond donors (Lipinski definition) is 2. The van der Waals surface area contributed by atoms with E-state index in [1.807, 2.05) is 12.1 Å². The van der Waals surface area contributed by atoms with E-state index < -0.39 is 5.97 Å². The normalized spacial score (nSPS) is 10.5. The summed E-state index contributed by atoms with van der Waals surface area (Å²) in [5.74, 6) is 0.0179. The number of aromatic carboxylic acids is 1. The average molecular weight is 392 g/mol. The van der Waals surface area contributed by atoms with Gasteiger partial charge in [0.2, 0.25) is 0 Å². The lowest BCUT2D eigenvalue weighted by Crippen LogP contribution is -2.00. The summed E-state index contributed by atoms with van der Waals surface area (Å²) in [4.78, 5) is 10.9. The van der Waals surface area contributed by atoms with E-state index in [-0.39, 0.29) is 5.56 Å². The van der Waals surface area contributed by atoms with E-state index in [1.54, 1.807) is 13.0 Å². The number of carboxylic acid groups (broad SMARTS) is 1. The number of halogens is 2. The number of aryl methyl sites for hydroxylation is 1. The number of nitrogens with one attached hydrogen (secondary N) is 1. The van der Waals surface area contributed by atoms with Crippen LogP contribution in [0, 0.1) is 10.5 Å². The van der Waals surface area contributed by atoms with Gasteiger partial charge in [0.25, 0.3) is 0 Å². The van der Waals surface area contributed by atoms with E-state index in [1.165, 1.54) is 6.07 Å². The van der Waals surface area contributed by atoms with Gasteiger partial charge < -0.3 is 14.8 Å². The van der Waals surface area contributed by atoms with Crippen molar-refractivity contribution in [2.24, 2.45) is 0 Å². The zero-order valence-corrected chi connectivity index (χ0v) is 12.9. The van der Waals surface area contributed by atoms with Crippen LogP contribution in [-0.2, 0) is 6.54 Å². The Labute approximate surface area is 128 Å². The smallest absolute Gasteiger partial charge is 0.339 e. The molecule has 6 heteroatoms. The van der Waals surface area contributed by atoms with Crippen LogP contribution in [0.25, 0.3) is 0 Å². The largest absolute Gasteiger partial charge is 0.478 e. The molecule has 0 aliphatic rings. The van der Waals surface area contributed by atoms with Gasteiger partial charge in [-0.2, -0.15) is 0 Å². The molecule has 2 aromatic rings. The Morgan fingerprint density at radius 3 is 2.79 bits per heavy atom. The Balaban J connectivity index is 2.10. The Morgan fingerprint density at radius 1 is 1.47 bits per heavy atom. The Morgan fingerprint density at radius 2 is 2.21 bits per heavy atom. The molecular formula is C13H11ClINO3. The fourth-order valence-electron chi connectivity index (χ4n) is 1.66. The van der Waals surface area contributed by atoms with Gasteiger partial charge >= 0.3 is 5.97 Å². The van der Waals surface area contributed by atoms with E-state index in [0.29, 0.717) is 23.1 Å². The molecule has 0 bridgehead atoms. The van der Waals surface area contributed by atoms with Crippen LogP contribution in [0.5, 0.6) is 0 Å². The average Bonchev–Trinajstić information content (AvgIpc) is 2.69. The molecule has 0 saturated carbocycles. The fraction of sp³-hybridized carbons (Fsp3) is 0.154. The maximum atomic E-state index is 10.9. The lowest BCUT2D eigenvalue weighted by Gasteiger charge is -2.07. The number of carboxylic acids is 1. The van der Waals surface area contributed by atoms with Crippen molar-refractivity contribution in [3.63, 3.8) is 0 Å². The summed E-state index contributed by atoms with van der Waals surface area (Å²) in [6.07, 6.45) is 0. The maximum absolute atomic E-state index is 10.9. The highest BCUT2D eigenvalue weighted by atomic mass is 127. The predicted octanol–water partition coefficient (Wildman–Crippen LogP) is 4.16. The molecule has 0 aliphatic heterocycles. The Kier molecular flexibility index (Phi) is 4.36. The molecule has 0 spiro atoms. The monoisotopic (exact) mass is 391 g/mol. The molecule has 1 heterocycles. The number of furan rings is 1. The SMILES string of the molecule is Cc1oc(CNc2ccc(Cl)cc2I)cc1C(=O)O. The van der Waals surface area contributed by atoms with Crippen LogP contribution in [0.15, 0.2) is 28.7 Å². The second kappa shape index (κ2) is 5.83. The minimum atomic E-state index is -0.978. The molecule has 1 aromatic heterocycles. The molecule has 0 unspecified atom stereocenters. The first kappa shape index (κ1) is 14.2. The third-order valence-corrected chi connectivity index (χ3v) is 3.71. The van der Waals surface area contributed by atoms with Crippen LogP contribution in [0.2, 0.25) is 5.02 Å². The zero-order valence-electron chi connectivity index (χ0n) is 10.0. The molecule has 0 atom stereocenters. The highest BCUT2D eigenvalue weighted by Gasteiger charge is 2.13. The highest BCUT2D eigenvalue weighted by molar-refractivity contribution is 14.1. The van der Waals surface area contributed by atoms with Crippen molar-refractivity contribution in [3.05, 3.63) is 49.9 Å². The number of anilines is 1. The van der Waals surface area contributed by atoms with Gasteiger partial charge in [-0.3, -0.25) is 0 Å². The lowest BCUT2D eigenvalue weighted by molar-refractivity contribution is 0.0695. The van der Waals surface area contributed by atoms with Crippen LogP contribution in [0.3, 0.4) is 0 Å². The van der Waals surface area contributed by atoms with Gasteiger partial charge in [-0.1, -0.05) is 11.6 Å². The second-order valence-electron chi connectivity index (χ2n) is 3.97. The van der Waals surface area contributed by atoms with Crippen LogP contribution in [0.4, 0.5) is 5.69 Å². The quantitative estimate of drug-likeness (QED) is 0.769. The van der Waals surface area contributed by atoms with Gasteiger partial charge in [-0.15, -0.1) is 0 Å². The van der Waals surface area contributed by atoms with Crippen molar-refractivity contribution >= 4 is 45.8 Å². The van der Waals surface area contributed by atoms with E-state index >= 15 is 0 Å². The van der Waals surface area contributed by atoms with Crippen molar-refractivity contribution in [1.29, 1.82) is 0 Å².